The smallest absolute Gasteiger partial charge is 0.125 e. The van der Waals surface area contributed by atoms with Gasteiger partial charge in [-0.2, -0.15) is 0 Å². The molecule has 0 fully saturated rings. The number of rotatable bonds is 4. The lowest BCUT2D eigenvalue weighted by atomic mass is 9.97. The van der Waals surface area contributed by atoms with Gasteiger partial charge in [0.05, 0.1) is 12.1 Å². The highest BCUT2D eigenvalue weighted by molar-refractivity contribution is 6.01. The largest absolute Gasteiger partial charge is 0.507 e. The van der Waals surface area contributed by atoms with Gasteiger partial charge in [-0.05, 0) is 33.2 Å². The van der Waals surface area contributed by atoms with E-state index in [9.17, 15) is 5.11 Å². The van der Waals surface area contributed by atoms with Gasteiger partial charge in [0.25, 0.3) is 0 Å². The number of nitrogens with zero attached hydrogens (tertiary/aromatic N) is 3. The zero-order chi connectivity index (χ0) is 22.2. The number of aromatic hydroxyl groups is 1. The molecule has 4 nitrogen and oxygen atoms in total. The molecule has 158 valence electrons. The van der Waals surface area contributed by atoms with Gasteiger partial charge in [0, 0.05) is 5.56 Å². The number of fused-ring (bicyclic) bond motifs is 2. The van der Waals surface area contributed by atoms with Crippen molar-refractivity contribution in [2.75, 3.05) is 0 Å². The van der Waals surface area contributed by atoms with Gasteiger partial charge in [0.15, 0.2) is 0 Å². The van der Waals surface area contributed by atoms with Crippen molar-refractivity contribution < 1.29 is 5.11 Å². The zero-order valence-electron chi connectivity index (χ0n) is 17.9. The first-order valence-corrected chi connectivity index (χ1v) is 11.0. The lowest BCUT2D eigenvalue weighted by Crippen LogP contribution is -2.05. The number of benzene rings is 5. The molecule has 0 aliphatic carbocycles. The van der Waals surface area contributed by atoms with Crippen LogP contribution >= 0.6 is 0 Å². The van der Waals surface area contributed by atoms with Gasteiger partial charge >= 0.3 is 0 Å². The Bertz CT molecular complexity index is 1600. The maximum Gasteiger partial charge on any atom is 0.125 e. The molecular formula is C29H21N3O. The summed E-state index contributed by atoms with van der Waals surface area (Å²) < 4.78 is 1.91. The van der Waals surface area contributed by atoms with Crippen LogP contribution in [0.1, 0.15) is 5.56 Å². The van der Waals surface area contributed by atoms with Crippen LogP contribution in [0.2, 0.25) is 0 Å². The van der Waals surface area contributed by atoms with Crippen molar-refractivity contribution in [3.8, 4) is 28.3 Å². The van der Waals surface area contributed by atoms with Gasteiger partial charge in [-0.1, -0.05) is 108 Å². The molecule has 1 aromatic heterocycles. The predicted octanol–water partition coefficient (Wildman–Crippen LogP) is 6.67. The van der Waals surface area contributed by atoms with Gasteiger partial charge in [-0.25, -0.2) is 4.68 Å². The standard InChI is InChI=1S/C29H21N3O/c33-26-18-17-21-10-5-7-16-25(21)27(26)29-28(22-11-2-1-3-12-22)30-31-32(29)19-23-14-8-13-20-9-4-6-15-24(20)23/h1-18,33H,19H2. The maximum absolute atomic E-state index is 11.0. The lowest BCUT2D eigenvalue weighted by molar-refractivity contribution is 0.477. The van der Waals surface area contributed by atoms with E-state index in [1.165, 1.54) is 10.8 Å². The van der Waals surface area contributed by atoms with E-state index in [1.54, 1.807) is 6.07 Å². The van der Waals surface area contributed by atoms with Gasteiger partial charge in [0.2, 0.25) is 0 Å². The fourth-order valence-corrected chi connectivity index (χ4v) is 4.56. The van der Waals surface area contributed by atoms with Gasteiger partial charge < -0.3 is 5.11 Å². The minimum absolute atomic E-state index is 0.215. The summed E-state index contributed by atoms with van der Waals surface area (Å²) in [7, 11) is 0. The van der Waals surface area contributed by atoms with Crippen molar-refractivity contribution in [3.63, 3.8) is 0 Å². The molecule has 0 radical (unpaired) electrons. The molecule has 4 heteroatoms. The Kier molecular flexibility index (Phi) is 4.62. The molecule has 0 saturated carbocycles. The molecule has 0 aliphatic heterocycles. The van der Waals surface area contributed by atoms with Gasteiger partial charge in [-0.3, -0.25) is 0 Å². The molecule has 6 aromatic rings. The third-order valence-electron chi connectivity index (χ3n) is 6.13. The molecule has 0 saturated heterocycles. The van der Waals surface area contributed by atoms with E-state index in [2.05, 4.69) is 58.8 Å². The highest BCUT2D eigenvalue weighted by Crippen LogP contribution is 2.41. The van der Waals surface area contributed by atoms with Crippen molar-refractivity contribution in [1.82, 2.24) is 15.0 Å². The summed E-state index contributed by atoms with van der Waals surface area (Å²) >= 11 is 0. The molecule has 5 aromatic carbocycles. The topological polar surface area (TPSA) is 50.9 Å². The van der Waals surface area contributed by atoms with E-state index in [1.807, 2.05) is 59.3 Å². The minimum Gasteiger partial charge on any atom is -0.507 e. The van der Waals surface area contributed by atoms with Crippen LogP contribution in [0.3, 0.4) is 0 Å². The molecule has 0 spiro atoms. The monoisotopic (exact) mass is 427 g/mol. The summed E-state index contributed by atoms with van der Waals surface area (Å²) in [6.45, 7) is 0.541. The van der Waals surface area contributed by atoms with Crippen LogP contribution in [-0.2, 0) is 6.54 Å². The van der Waals surface area contributed by atoms with Crippen LogP contribution < -0.4 is 0 Å². The van der Waals surface area contributed by atoms with Crippen molar-refractivity contribution >= 4 is 21.5 Å². The van der Waals surface area contributed by atoms with E-state index in [0.717, 1.165) is 38.9 Å². The molecule has 1 N–H and O–H groups in total. The normalized spacial score (nSPS) is 11.3. The summed E-state index contributed by atoms with van der Waals surface area (Å²) in [6.07, 6.45) is 0. The molecule has 0 unspecified atom stereocenters. The Morgan fingerprint density at radius 3 is 2.12 bits per heavy atom. The second-order valence-corrected chi connectivity index (χ2v) is 8.13. The Morgan fingerprint density at radius 2 is 1.30 bits per heavy atom. The van der Waals surface area contributed by atoms with E-state index in [4.69, 9.17) is 0 Å². The quantitative estimate of drug-likeness (QED) is 0.342. The van der Waals surface area contributed by atoms with Crippen LogP contribution in [0.4, 0.5) is 0 Å². The fraction of sp³-hybridized carbons (Fsp3) is 0.0345. The number of phenols is 1. The SMILES string of the molecule is Oc1ccc2ccccc2c1-c1c(-c2ccccc2)nnn1Cc1cccc2ccccc12. The van der Waals surface area contributed by atoms with Crippen LogP contribution in [0.5, 0.6) is 5.75 Å². The molecule has 0 amide bonds. The Morgan fingerprint density at radius 1 is 0.636 bits per heavy atom. The van der Waals surface area contributed by atoms with E-state index in [-0.39, 0.29) is 5.75 Å². The number of aromatic nitrogens is 3. The first-order chi connectivity index (χ1) is 16.3. The maximum atomic E-state index is 11.0. The minimum atomic E-state index is 0.215. The van der Waals surface area contributed by atoms with Crippen LogP contribution in [-0.4, -0.2) is 20.1 Å². The number of hydrogen-bond donors (Lipinski definition) is 1. The molecule has 1 heterocycles. The van der Waals surface area contributed by atoms with Crippen molar-refractivity contribution in [2.24, 2.45) is 0 Å². The Labute approximate surface area is 191 Å². The van der Waals surface area contributed by atoms with E-state index < -0.39 is 0 Å². The Balaban J connectivity index is 1.62. The molecule has 6 rings (SSSR count). The van der Waals surface area contributed by atoms with Crippen molar-refractivity contribution in [2.45, 2.75) is 6.54 Å². The summed E-state index contributed by atoms with van der Waals surface area (Å²) in [5.74, 6) is 0.215. The molecule has 0 aliphatic rings. The summed E-state index contributed by atoms with van der Waals surface area (Å²) in [5, 5.41) is 24.6. The first kappa shape index (κ1) is 19.3. The zero-order valence-corrected chi connectivity index (χ0v) is 17.9. The van der Waals surface area contributed by atoms with Gasteiger partial charge in [-0.15, -0.1) is 5.10 Å². The third kappa shape index (κ3) is 3.33. The predicted molar refractivity (Wildman–Crippen MR) is 133 cm³/mol. The number of phenolic OH excluding ortho intramolecular Hbond substituents is 1. The second kappa shape index (κ2) is 7.92. The first-order valence-electron chi connectivity index (χ1n) is 11.0. The summed E-state index contributed by atoms with van der Waals surface area (Å²) in [6, 6.07) is 36.5. The summed E-state index contributed by atoms with van der Waals surface area (Å²) in [5.41, 5.74) is 4.42. The third-order valence-corrected chi connectivity index (χ3v) is 6.13. The number of hydrogen-bond acceptors (Lipinski definition) is 3. The van der Waals surface area contributed by atoms with E-state index >= 15 is 0 Å². The Hall–Kier alpha value is -4.44. The highest BCUT2D eigenvalue weighted by atomic mass is 16.3. The highest BCUT2D eigenvalue weighted by Gasteiger charge is 2.22. The van der Waals surface area contributed by atoms with Gasteiger partial charge in [0.1, 0.15) is 17.1 Å². The van der Waals surface area contributed by atoms with E-state index in [0.29, 0.717) is 6.54 Å². The molecule has 0 bridgehead atoms. The second-order valence-electron chi connectivity index (χ2n) is 8.13. The lowest BCUT2D eigenvalue weighted by Gasteiger charge is -2.14. The van der Waals surface area contributed by atoms with Crippen LogP contribution in [0.15, 0.2) is 109 Å². The molecular weight excluding hydrogens is 406 g/mol. The van der Waals surface area contributed by atoms with Crippen LogP contribution in [0.25, 0.3) is 44.1 Å². The van der Waals surface area contributed by atoms with Crippen molar-refractivity contribution in [1.29, 1.82) is 0 Å². The average Bonchev–Trinajstić information content (AvgIpc) is 3.27. The fourth-order valence-electron chi connectivity index (χ4n) is 4.56. The average molecular weight is 428 g/mol. The summed E-state index contributed by atoms with van der Waals surface area (Å²) in [4.78, 5) is 0. The van der Waals surface area contributed by atoms with Crippen molar-refractivity contribution in [3.05, 3.63) is 115 Å². The van der Waals surface area contributed by atoms with Crippen LogP contribution in [0, 0.1) is 0 Å². The molecule has 33 heavy (non-hydrogen) atoms. The molecule has 0 atom stereocenters.